The molecule has 1 atom stereocenters. The van der Waals surface area contributed by atoms with E-state index in [1.807, 2.05) is 19.1 Å². The molecule has 1 amide bonds. The predicted molar refractivity (Wildman–Crippen MR) is 93.8 cm³/mol. The zero-order valence-corrected chi connectivity index (χ0v) is 15.0. The highest BCUT2D eigenvalue weighted by Crippen LogP contribution is 2.35. The molecule has 2 aromatic rings. The molecule has 0 aliphatic carbocycles. The zero-order chi connectivity index (χ0) is 18.1. The van der Waals surface area contributed by atoms with Crippen LogP contribution in [0.1, 0.15) is 30.5 Å². The Labute approximate surface area is 154 Å². The van der Waals surface area contributed by atoms with E-state index in [4.69, 9.17) is 23.2 Å². The van der Waals surface area contributed by atoms with E-state index in [-0.39, 0.29) is 24.1 Å². The first-order valence-electron chi connectivity index (χ1n) is 7.81. The van der Waals surface area contributed by atoms with E-state index in [0.29, 0.717) is 23.1 Å². The van der Waals surface area contributed by atoms with Crippen LogP contribution in [0.4, 0.5) is 5.69 Å². The van der Waals surface area contributed by atoms with Gasteiger partial charge in [0, 0.05) is 19.5 Å². The molecule has 1 aliphatic rings. The molecule has 0 fully saturated rings. The molecule has 9 heteroatoms. The van der Waals surface area contributed by atoms with Gasteiger partial charge in [-0.25, -0.2) is 0 Å². The van der Waals surface area contributed by atoms with Gasteiger partial charge in [-0.3, -0.25) is 19.6 Å². The van der Waals surface area contributed by atoms with Crippen molar-refractivity contribution in [1.82, 2.24) is 14.7 Å². The summed E-state index contributed by atoms with van der Waals surface area (Å²) in [6.07, 6.45) is 3.44. The fourth-order valence-corrected chi connectivity index (χ4v) is 3.43. The molecule has 3 rings (SSSR count). The third kappa shape index (κ3) is 3.62. The van der Waals surface area contributed by atoms with Gasteiger partial charge < -0.3 is 4.90 Å². The van der Waals surface area contributed by atoms with Crippen molar-refractivity contribution >= 4 is 34.8 Å². The standard InChI is InChI=1S/C16H16Cl2N4O3/c1-10-13-7-15(18)14(17)6-11(13)2-5-21(10)16(23)3-4-20-9-12(8-19-20)22(24)25/h6-10H,2-5H2,1H3. The summed E-state index contributed by atoms with van der Waals surface area (Å²) < 4.78 is 1.41. The molecule has 0 bridgehead atoms. The highest BCUT2D eigenvalue weighted by atomic mass is 35.5. The molecule has 1 unspecified atom stereocenters. The summed E-state index contributed by atoms with van der Waals surface area (Å²) in [4.78, 5) is 24.5. The van der Waals surface area contributed by atoms with E-state index in [1.54, 1.807) is 4.90 Å². The molecule has 0 N–H and O–H groups in total. The number of fused-ring (bicyclic) bond motifs is 1. The summed E-state index contributed by atoms with van der Waals surface area (Å²) in [5.41, 5.74) is 2.02. The van der Waals surface area contributed by atoms with Gasteiger partial charge in [0.05, 0.1) is 21.0 Å². The number of nitro groups is 1. The van der Waals surface area contributed by atoms with E-state index < -0.39 is 4.92 Å². The first-order valence-corrected chi connectivity index (χ1v) is 8.56. The number of carbonyl (C=O) groups excluding carboxylic acids is 1. The second-order valence-electron chi connectivity index (χ2n) is 5.95. The molecule has 0 saturated carbocycles. The number of aryl methyl sites for hydroxylation is 1. The first-order chi connectivity index (χ1) is 11.9. The van der Waals surface area contributed by atoms with Gasteiger partial charge in [0.2, 0.25) is 5.91 Å². The molecule has 7 nitrogen and oxygen atoms in total. The molecule has 0 spiro atoms. The van der Waals surface area contributed by atoms with Crippen LogP contribution in [0, 0.1) is 10.1 Å². The number of halogens is 2. The minimum absolute atomic E-state index is 0.0256. The maximum atomic E-state index is 12.6. The summed E-state index contributed by atoms with van der Waals surface area (Å²) >= 11 is 12.2. The normalized spacial score (nSPS) is 16.6. The largest absolute Gasteiger partial charge is 0.336 e. The lowest BCUT2D eigenvalue weighted by atomic mass is 9.93. The number of nitrogens with zero attached hydrogens (tertiary/aromatic N) is 4. The molecule has 0 radical (unpaired) electrons. The van der Waals surface area contributed by atoms with Gasteiger partial charge in [-0.15, -0.1) is 0 Å². The van der Waals surface area contributed by atoms with Crippen molar-refractivity contribution in [2.45, 2.75) is 32.4 Å². The van der Waals surface area contributed by atoms with Gasteiger partial charge in [-0.2, -0.15) is 5.10 Å². The second-order valence-corrected chi connectivity index (χ2v) is 6.76. The van der Waals surface area contributed by atoms with Crippen LogP contribution in [0.15, 0.2) is 24.5 Å². The number of carbonyl (C=O) groups is 1. The van der Waals surface area contributed by atoms with Gasteiger partial charge in [-0.05, 0) is 36.6 Å². The Kier molecular flexibility index (Phi) is 4.96. The fourth-order valence-electron chi connectivity index (χ4n) is 3.07. The summed E-state index contributed by atoms with van der Waals surface area (Å²) in [6, 6.07) is 3.58. The van der Waals surface area contributed by atoms with Crippen LogP contribution in [-0.2, 0) is 17.8 Å². The van der Waals surface area contributed by atoms with Crippen LogP contribution in [0.3, 0.4) is 0 Å². The predicted octanol–water partition coefficient (Wildman–Crippen LogP) is 3.63. The van der Waals surface area contributed by atoms with Crippen molar-refractivity contribution in [3.8, 4) is 0 Å². The fraction of sp³-hybridized carbons (Fsp3) is 0.375. The molecule has 1 aliphatic heterocycles. The summed E-state index contributed by atoms with van der Waals surface area (Å²) in [7, 11) is 0. The number of rotatable bonds is 4. The molecule has 1 aromatic carbocycles. The SMILES string of the molecule is CC1c2cc(Cl)c(Cl)cc2CCN1C(=O)CCn1cc([N+](=O)[O-])cn1. The van der Waals surface area contributed by atoms with E-state index in [1.165, 1.54) is 17.1 Å². The van der Waals surface area contributed by atoms with Crippen LogP contribution in [0.25, 0.3) is 0 Å². The van der Waals surface area contributed by atoms with Crippen LogP contribution in [-0.4, -0.2) is 32.1 Å². The molecule has 0 saturated heterocycles. The van der Waals surface area contributed by atoms with E-state index in [0.717, 1.165) is 17.5 Å². The number of hydrogen-bond donors (Lipinski definition) is 0. The Morgan fingerprint density at radius 3 is 2.80 bits per heavy atom. The Morgan fingerprint density at radius 1 is 1.40 bits per heavy atom. The third-order valence-electron chi connectivity index (χ3n) is 4.43. The van der Waals surface area contributed by atoms with E-state index in [9.17, 15) is 14.9 Å². The molecular weight excluding hydrogens is 367 g/mol. The topological polar surface area (TPSA) is 81.3 Å². The summed E-state index contributed by atoms with van der Waals surface area (Å²) in [5, 5.41) is 15.6. The first kappa shape index (κ1) is 17.7. The minimum Gasteiger partial charge on any atom is -0.336 e. The molecule has 25 heavy (non-hydrogen) atoms. The lowest BCUT2D eigenvalue weighted by Crippen LogP contribution is -2.39. The number of aromatic nitrogens is 2. The summed E-state index contributed by atoms with van der Waals surface area (Å²) in [5.74, 6) is -0.0256. The van der Waals surface area contributed by atoms with E-state index in [2.05, 4.69) is 5.10 Å². The number of amides is 1. The van der Waals surface area contributed by atoms with Crippen LogP contribution >= 0.6 is 23.2 Å². The van der Waals surface area contributed by atoms with Crippen molar-refractivity contribution in [3.63, 3.8) is 0 Å². The number of benzene rings is 1. The second kappa shape index (κ2) is 7.01. The molecule has 1 aromatic heterocycles. The molecule has 132 valence electrons. The van der Waals surface area contributed by atoms with Crippen molar-refractivity contribution < 1.29 is 9.72 Å². The average Bonchev–Trinajstić information content (AvgIpc) is 3.04. The molecule has 2 heterocycles. The Balaban J connectivity index is 1.68. The van der Waals surface area contributed by atoms with Gasteiger partial charge in [-0.1, -0.05) is 23.2 Å². The van der Waals surface area contributed by atoms with Gasteiger partial charge in [0.1, 0.15) is 12.4 Å². The zero-order valence-electron chi connectivity index (χ0n) is 13.5. The van der Waals surface area contributed by atoms with Crippen molar-refractivity contribution in [1.29, 1.82) is 0 Å². The monoisotopic (exact) mass is 382 g/mol. The Morgan fingerprint density at radius 2 is 2.12 bits per heavy atom. The Bertz CT molecular complexity index is 837. The van der Waals surface area contributed by atoms with Crippen molar-refractivity contribution in [2.24, 2.45) is 0 Å². The van der Waals surface area contributed by atoms with E-state index >= 15 is 0 Å². The van der Waals surface area contributed by atoms with Crippen LogP contribution < -0.4 is 0 Å². The minimum atomic E-state index is -0.510. The quantitative estimate of drug-likeness (QED) is 0.596. The lowest BCUT2D eigenvalue weighted by Gasteiger charge is -2.35. The van der Waals surface area contributed by atoms with Gasteiger partial charge in [0.15, 0.2) is 0 Å². The maximum absolute atomic E-state index is 12.6. The summed E-state index contributed by atoms with van der Waals surface area (Å²) in [6.45, 7) is 2.85. The van der Waals surface area contributed by atoms with Crippen molar-refractivity contribution in [2.75, 3.05) is 6.54 Å². The highest BCUT2D eigenvalue weighted by Gasteiger charge is 2.28. The third-order valence-corrected chi connectivity index (χ3v) is 5.15. The Hall–Kier alpha value is -2.12. The average molecular weight is 383 g/mol. The number of hydrogen-bond acceptors (Lipinski definition) is 4. The lowest BCUT2D eigenvalue weighted by molar-refractivity contribution is -0.385. The van der Waals surface area contributed by atoms with Gasteiger partial charge in [0.25, 0.3) is 0 Å². The maximum Gasteiger partial charge on any atom is 0.306 e. The molecular formula is C16H16Cl2N4O3. The van der Waals surface area contributed by atoms with Gasteiger partial charge >= 0.3 is 5.69 Å². The highest BCUT2D eigenvalue weighted by molar-refractivity contribution is 6.42. The van der Waals surface area contributed by atoms with Crippen molar-refractivity contribution in [3.05, 3.63) is 55.8 Å². The van der Waals surface area contributed by atoms with Crippen LogP contribution in [0.2, 0.25) is 10.0 Å². The van der Waals surface area contributed by atoms with Crippen LogP contribution in [0.5, 0.6) is 0 Å². The smallest absolute Gasteiger partial charge is 0.306 e.